The van der Waals surface area contributed by atoms with E-state index < -0.39 is 5.60 Å². The van der Waals surface area contributed by atoms with Crippen LogP contribution in [0.25, 0.3) is 10.2 Å². The summed E-state index contributed by atoms with van der Waals surface area (Å²) in [6, 6.07) is 7.86. The van der Waals surface area contributed by atoms with Crippen molar-refractivity contribution in [3.05, 3.63) is 43.0 Å². The largest absolute Gasteiger partial charge is 0.388 e. The molecule has 0 saturated carbocycles. The molecule has 0 atom stereocenters. The third kappa shape index (κ3) is 4.52. The van der Waals surface area contributed by atoms with Gasteiger partial charge in [-0.3, -0.25) is 4.79 Å². The van der Waals surface area contributed by atoms with Crippen LogP contribution in [-0.4, -0.2) is 55.7 Å². The highest BCUT2D eigenvalue weighted by molar-refractivity contribution is 7.22. The zero-order chi connectivity index (χ0) is 18.7. The Kier molecular flexibility index (Phi) is 5.20. The molecule has 0 aliphatic carbocycles. The number of thiazole rings is 1. The van der Waals surface area contributed by atoms with Crippen molar-refractivity contribution >= 4 is 32.6 Å². The molecule has 1 fully saturated rings. The number of carbonyl (C=O) groups is 1. The maximum Gasteiger partial charge on any atom is 0.227 e. The number of piperidine rings is 1. The summed E-state index contributed by atoms with van der Waals surface area (Å²) >= 11 is 1.49. The van der Waals surface area contributed by atoms with Crippen LogP contribution in [0.2, 0.25) is 0 Å². The topological polar surface area (TPSA) is 83.3 Å². The molecule has 1 saturated heterocycles. The van der Waals surface area contributed by atoms with Gasteiger partial charge in [0.2, 0.25) is 5.91 Å². The number of aliphatic hydroxyl groups is 1. The van der Waals surface area contributed by atoms with Gasteiger partial charge in [-0.1, -0.05) is 23.5 Å². The number of nitrogens with one attached hydrogen (secondary N) is 1. The molecule has 1 aliphatic rings. The van der Waals surface area contributed by atoms with E-state index in [0.29, 0.717) is 37.5 Å². The fourth-order valence-corrected chi connectivity index (χ4v) is 4.32. The molecule has 0 bridgehead atoms. The molecule has 0 spiro atoms. The Morgan fingerprint density at radius 3 is 2.85 bits per heavy atom. The third-order valence-electron chi connectivity index (χ3n) is 5.02. The molecule has 27 heavy (non-hydrogen) atoms. The molecule has 1 aliphatic heterocycles. The van der Waals surface area contributed by atoms with Crippen LogP contribution in [0.1, 0.15) is 19.3 Å². The third-order valence-corrected chi connectivity index (χ3v) is 5.97. The summed E-state index contributed by atoms with van der Waals surface area (Å²) in [5.41, 5.74) is 0.214. The van der Waals surface area contributed by atoms with Gasteiger partial charge in [0.1, 0.15) is 0 Å². The summed E-state index contributed by atoms with van der Waals surface area (Å²) in [5.74, 6) is -0.0201. The average Bonchev–Trinajstić information content (AvgIpc) is 3.30. The minimum Gasteiger partial charge on any atom is -0.388 e. The number of amides is 1. The number of para-hydroxylation sites is 1. The lowest BCUT2D eigenvalue weighted by Gasteiger charge is -2.38. The number of rotatable bonds is 6. The predicted octanol–water partition coefficient (Wildman–Crippen LogP) is 2.35. The van der Waals surface area contributed by atoms with E-state index in [-0.39, 0.29) is 5.91 Å². The van der Waals surface area contributed by atoms with Crippen LogP contribution in [0.15, 0.2) is 43.0 Å². The van der Waals surface area contributed by atoms with Gasteiger partial charge in [-0.25, -0.2) is 9.97 Å². The zero-order valence-corrected chi connectivity index (χ0v) is 15.9. The summed E-state index contributed by atoms with van der Waals surface area (Å²) < 4.78 is 2.99. The van der Waals surface area contributed by atoms with Gasteiger partial charge < -0.3 is 19.9 Å². The number of imidazole rings is 1. The Labute approximate surface area is 161 Å². The average molecular weight is 385 g/mol. The van der Waals surface area contributed by atoms with Crippen LogP contribution in [0, 0.1) is 0 Å². The van der Waals surface area contributed by atoms with Gasteiger partial charge in [0.15, 0.2) is 5.13 Å². The van der Waals surface area contributed by atoms with Gasteiger partial charge in [-0.05, 0) is 25.0 Å². The fraction of sp³-hybridized carbons (Fsp3) is 0.421. The van der Waals surface area contributed by atoms with Crippen LogP contribution >= 0.6 is 11.3 Å². The van der Waals surface area contributed by atoms with Crippen LogP contribution in [0.4, 0.5) is 5.13 Å². The molecule has 0 radical (unpaired) electrons. The second-order valence-corrected chi connectivity index (χ2v) is 8.12. The lowest BCUT2D eigenvalue weighted by Crippen LogP contribution is -2.47. The van der Waals surface area contributed by atoms with E-state index in [1.54, 1.807) is 12.5 Å². The van der Waals surface area contributed by atoms with Gasteiger partial charge in [0, 0.05) is 38.4 Å². The first-order valence-electron chi connectivity index (χ1n) is 9.16. The number of benzene rings is 1. The van der Waals surface area contributed by atoms with E-state index >= 15 is 0 Å². The van der Waals surface area contributed by atoms with Crippen molar-refractivity contribution in [2.75, 3.05) is 25.0 Å². The maximum atomic E-state index is 12.2. The monoisotopic (exact) mass is 385 g/mol. The second kappa shape index (κ2) is 7.75. The fourth-order valence-electron chi connectivity index (χ4n) is 3.44. The molecule has 1 amide bonds. The Morgan fingerprint density at radius 2 is 2.11 bits per heavy atom. The lowest BCUT2D eigenvalue weighted by atomic mass is 9.91. The molecule has 0 unspecified atom stereocenters. The Hall–Kier alpha value is -2.29. The van der Waals surface area contributed by atoms with E-state index in [1.165, 1.54) is 11.3 Å². The van der Waals surface area contributed by atoms with Gasteiger partial charge in [-0.2, -0.15) is 0 Å². The second-order valence-electron chi connectivity index (χ2n) is 7.09. The number of hydrogen-bond acceptors (Lipinski definition) is 6. The Bertz CT molecular complexity index is 867. The molecule has 3 heterocycles. The van der Waals surface area contributed by atoms with Gasteiger partial charge >= 0.3 is 0 Å². The molecule has 2 aromatic heterocycles. The number of nitrogens with zero attached hydrogens (tertiary/aromatic N) is 4. The molecule has 142 valence electrons. The summed E-state index contributed by atoms with van der Waals surface area (Å²) in [7, 11) is 0. The van der Waals surface area contributed by atoms with Crippen molar-refractivity contribution in [1.29, 1.82) is 0 Å². The number of carbonyl (C=O) groups excluding carboxylic acids is 1. The standard InChI is InChI=1S/C19H23N5O2S/c25-17(22-18-21-15-3-1-2-4-16(15)27-18)5-9-23-10-6-19(26,7-11-23)13-24-12-8-20-14-24/h1-4,8,12,14,26H,5-7,9-11,13H2,(H,21,22,25). The summed E-state index contributed by atoms with van der Waals surface area (Å²) in [6.45, 7) is 2.84. The molecule has 8 heteroatoms. The molecule has 1 aromatic carbocycles. The quantitative estimate of drug-likeness (QED) is 0.681. The van der Waals surface area contributed by atoms with E-state index in [1.807, 2.05) is 35.0 Å². The highest BCUT2D eigenvalue weighted by Crippen LogP contribution is 2.26. The summed E-state index contributed by atoms with van der Waals surface area (Å²) in [6.07, 6.45) is 7.15. The first-order valence-corrected chi connectivity index (χ1v) is 9.97. The minimum atomic E-state index is -0.694. The van der Waals surface area contributed by atoms with Crippen molar-refractivity contribution in [1.82, 2.24) is 19.4 Å². The first kappa shape index (κ1) is 18.1. The zero-order valence-electron chi connectivity index (χ0n) is 15.0. The normalized spacial score (nSPS) is 17.2. The first-order chi connectivity index (χ1) is 13.1. The van der Waals surface area contributed by atoms with E-state index in [9.17, 15) is 9.90 Å². The van der Waals surface area contributed by atoms with E-state index in [0.717, 1.165) is 23.3 Å². The predicted molar refractivity (Wildman–Crippen MR) is 106 cm³/mol. The summed E-state index contributed by atoms with van der Waals surface area (Å²) in [5, 5.41) is 14.3. The van der Waals surface area contributed by atoms with Crippen molar-refractivity contribution in [3.63, 3.8) is 0 Å². The molecule has 7 nitrogen and oxygen atoms in total. The SMILES string of the molecule is O=C(CCN1CCC(O)(Cn2ccnc2)CC1)Nc1nc2ccccc2s1. The molecule has 2 N–H and O–H groups in total. The highest BCUT2D eigenvalue weighted by atomic mass is 32.1. The van der Waals surface area contributed by atoms with Crippen molar-refractivity contribution in [2.24, 2.45) is 0 Å². The maximum absolute atomic E-state index is 12.2. The number of anilines is 1. The molecular weight excluding hydrogens is 362 g/mol. The van der Waals surface area contributed by atoms with Crippen LogP contribution < -0.4 is 5.32 Å². The lowest BCUT2D eigenvalue weighted by molar-refractivity contribution is -0.116. The number of likely N-dealkylation sites (tertiary alicyclic amines) is 1. The number of aromatic nitrogens is 3. The molecule has 3 aromatic rings. The van der Waals surface area contributed by atoms with Crippen molar-refractivity contribution in [3.8, 4) is 0 Å². The highest BCUT2D eigenvalue weighted by Gasteiger charge is 2.32. The van der Waals surface area contributed by atoms with Crippen LogP contribution in [-0.2, 0) is 11.3 Å². The molecular formula is C19H23N5O2S. The van der Waals surface area contributed by atoms with Gasteiger partial charge in [-0.15, -0.1) is 0 Å². The van der Waals surface area contributed by atoms with Gasteiger partial charge in [0.25, 0.3) is 0 Å². The Balaban J connectivity index is 1.23. The molecule has 4 rings (SSSR count). The van der Waals surface area contributed by atoms with Crippen molar-refractivity contribution < 1.29 is 9.90 Å². The summed E-state index contributed by atoms with van der Waals surface area (Å²) in [4.78, 5) is 22.9. The van der Waals surface area contributed by atoms with Crippen LogP contribution in [0.3, 0.4) is 0 Å². The minimum absolute atomic E-state index is 0.0201. The van der Waals surface area contributed by atoms with Crippen LogP contribution in [0.5, 0.6) is 0 Å². The number of hydrogen-bond donors (Lipinski definition) is 2. The van der Waals surface area contributed by atoms with E-state index in [4.69, 9.17) is 0 Å². The van der Waals surface area contributed by atoms with Gasteiger partial charge in [0.05, 0.1) is 28.7 Å². The van der Waals surface area contributed by atoms with E-state index in [2.05, 4.69) is 20.2 Å². The Morgan fingerprint density at radius 1 is 1.30 bits per heavy atom. The smallest absolute Gasteiger partial charge is 0.227 e. The van der Waals surface area contributed by atoms with Crippen molar-refractivity contribution in [2.45, 2.75) is 31.4 Å². The number of fused-ring (bicyclic) bond motifs is 1.